The molecule has 0 spiro atoms. The smallest absolute Gasteiger partial charge is 0.258 e. The van der Waals surface area contributed by atoms with Gasteiger partial charge < -0.3 is 24.8 Å². The van der Waals surface area contributed by atoms with Crippen molar-refractivity contribution in [1.29, 1.82) is 0 Å². The van der Waals surface area contributed by atoms with Crippen molar-refractivity contribution in [3.63, 3.8) is 0 Å². The first-order chi connectivity index (χ1) is 17.5. The van der Waals surface area contributed by atoms with Crippen LogP contribution in [0.2, 0.25) is 0 Å². The molecule has 2 aromatic carbocycles. The number of amides is 2. The number of carbonyl (C=O) groups excluding carboxylic acids is 2. The summed E-state index contributed by atoms with van der Waals surface area (Å²) in [4.78, 5) is 32.8. The second kappa shape index (κ2) is 8.98. The lowest BCUT2D eigenvalue weighted by Crippen LogP contribution is -2.48. The first-order valence-corrected chi connectivity index (χ1v) is 12.3. The molecular weight excluding hydrogens is 460 g/mol. The number of imidazole rings is 1. The van der Waals surface area contributed by atoms with E-state index in [2.05, 4.69) is 10.3 Å². The second-order valence-corrected chi connectivity index (χ2v) is 9.66. The molecule has 9 heteroatoms. The highest BCUT2D eigenvalue weighted by Crippen LogP contribution is 2.37. The zero-order valence-electron chi connectivity index (χ0n) is 20.0. The van der Waals surface area contributed by atoms with E-state index in [9.17, 15) is 14.7 Å². The molecule has 6 rings (SSSR count). The highest BCUT2D eigenvalue weighted by molar-refractivity contribution is 5.96. The van der Waals surface area contributed by atoms with Crippen LogP contribution in [-0.4, -0.2) is 63.3 Å². The molecule has 0 radical (unpaired) electrons. The number of rotatable bonds is 2. The minimum absolute atomic E-state index is 0.0372. The number of nitrogens with zero attached hydrogens (tertiary/aromatic N) is 3. The molecule has 2 N–H and O–H groups in total. The van der Waals surface area contributed by atoms with Gasteiger partial charge in [0.2, 0.25) is 0 Å². The summed E-state index contributed by atoms with van der Waals surface area (Å²) in [6, 6.07) is 11.3. The third kappa shape index (κ3) is 3.99. The van der Waals surface area contributed by atoms with E-state index in [1.54, 1.807) is 25.4 Å². The Morgan fingerprint density at radius 1 is 1.17 bits per heavy atom. The number of benzene rings is 2. The first kappa shape index (κ1) is 22.6. The van der Waals surface area contributed by atoms with Gasteiger partial charge in [-0.05, 0) is 67.6 Å². The Balaban J connectivity index is 1.44. The molecule has 36 heavy (non-hydrogen) atoms. The van der Waals surface area contributed by atoms with Crippen LogP contribution < -0.4 is 14.8 Å². The average Bonchev–Trinajstić information content (AvgIpc) is 3.48. The van der Waals surface area contributed by atoms with Crippen LogP contribution in [0.1, 0.15) is 41.6 Å². The first-order valence-electron chi connectivity index (χ1n) is 12.3. The highest BCUT2D eigenvalue weighted by atomic mass is 16.5. The summed E-state index contributed by atoms with van der Waals surface area (Å²) < 4.78 is 13.1. The van der Waals surface area contributed by atoms with E-state index < -0.39 is 0 Å². The third-order valence-corrected chi connectivity index (χ3v) is 7.36. The molecule has 186 valence electrons. The fourth-order valence-corrected chi connectivity index (χ4v) is 5.72. The summed E-state index contributed by atoms with van der Waals surface area (Å²) in [6.07, 6.45) is 6.31. The van der Waals surface area contributed by atoms with Gasteiger partial charge in [-0.25, -0.2) is 4.98 Å². The topological polar surface area (TPSA) is 106 Å². The van der Waals surface area contributed by atoms with Crippen LogP contribution in [0.3, 0.4) is 0 Å². The second-order valence-electron chi connectivity index (χ2n) is 9.66. The van der Waals surface area contributed by atoms with Crippen LogP contribution >= 0.6 is 0 Å². The molecule has 0 aliphatic carbocycles. The van der Waals surface area contributed by atoms with Crippen LogP contribution in [0.15, 0.2) is 48.8 Å². The molecule has 0 saturated carbocycles. The van der Waals surface area contributed by atoms with Crippen molar-refractivity contribution < 1.29 is 24.2 Å². The molecule has 1 aromatic heterocycles. The quantitative estimate of drug-likeness (QED) is 0.575. The van der Waals surface area contributed by atoms with E-state index in [1.165, 1.54) is 0 Å². The van der Waals surface area contributed by atoms with Crippen molar-refractivity contribution >= 4 is 11.8 Å². The Labute approximate surface area is 208 Å². The largest absolute Gasteiger partial charge is 0.493 e. The summed E-state index contributed by atoms with van der Waals surface area (Å²) in [5.74, 6) is 1.34. The zero-order chi connectivity index (χ0) is 24.8. The van der Waals surface area contributed by atoms with Gasteiger partial charge >= 0.3 is 0 Å². The summed E-state index contributed by atoms with van der Waals surface area (Å²) in [5, 5.41) is 13.1. The number of aromatic nitrogens is 2. The van der Waals surface area contributed by atoms with E-state index in [1.807, 2.05) is 39.9 Å². The Kier molecular flexibility index (Phi) is 5.64. The van der Waals surface area contributed by atoms with Crippen LogP contribution in [0.25, 0.3) is 17.1 Å². The third-order valence-electron chi connectivity index (χ3n) is 7.36. The number of piperidine rings is 1. The molecule has 2 amide bonds. The van der Waals surface area contributed by atoms with E-state index in [0.717, 1.165) is 29.7 Å². The Morgan fingerprint density at radius 3 is 2.75 bits per heavy atom. The van der Waals surface area contributed by atoms with Crippen molar-refractivity contribution in [2.75, 3.05) is 13.7 Å². The fraction of sp³-hybridized carbons (Fsp3) is 0.370. The lowest BCUT2D eigenvalue weighted by molar-refractivity contribution is -0.123. The number of fused-ring (bicyclic) bond motifs is 9. The van der Waals surface area contributed by atoms with Crippen molar-refractivity contribution in [1.82, 2.24) is 19.8 Å². The molecule has 4 heterocycles. The molecule has 2 saturated heterocycles. The number of aliphatic hydroxyl groups is 1. The predicted octanol–water partition coefficient (Wildman–Crippen LogP) is 2.68. The number of nitrogens with one attached hydrogen (secondary N) is 1. The highest BCUT2D eigenvalue weighted by Gasteiger charge is 2.43. The summed E-state index contributed by atoms with van der Waals surface area (Å²) >= 11 is 0. The number of carbonyl (C=O) groups is 2. The molecule has 3 aromatic rings. The molecule has 3 aliphatic heterocycles. The van der Waals surface area contributed by atoms with E-state index in [0.29, 0.717) is 35.7 Å². The van der Waals surface area contributed by atoms with Crippen LogP contribution in [0, 0.1) is 0 Å². The van der Waals surface area contributed by atoms with Crippen LogP contribution in [0.5, 0.6) is 11.5 Å². The predicted molar refractivity (Wildman–Crippen MR) is 131 cm³/mol. The molecule has 6 bridgehead atoms. The van der Waals surface area contributed by atoms with E-state index >= 15 is 0 Å². The van der Waals surface area contributed by atoms with Gasteiger partial charge in [0.1, 0.15) is 5.82 Å². The molecule has 3 atom stereocenters. The van der Waals surface area contributed by atoms with Crippen molar-refractivity contribution in [3.05, 3.63) is 59.9 Å². The summed E-state index contributed by atoms with van der Waals surface area (Å²) in [6.45, 7) is 0.0832. The molecule has 1 unspecified atom stereocenters. The number of methoxy groups -OCH3 is 1. The number of ether oxygens (including phenoxy) is 2. The van der Waals surface area contributed by atoms with E-state index in [4.69, 9.17) is 9.47 Å². The zero-order valence-corrected chi connectivity index (χ0v) is 20.0. The normalized spacial score (nSPS) is 22.9. The maximum atomic E-state index is 13.8. The number of hydrogen-bond donors (Lipinski definition) is 2. The minimum atomic E-state index is -0.344. The van der Waals surface area contributed by atoms with E-state index in [-0.39, 0.29) is 43.2 Å². The van der Waals surface area contributed by atoms with Crippen molar-refractivity contribution in [2.24, 2.45) is 0 Å². The lowest BCUT2D eigenvalue weighted by atomic mass is 9.98. The van der Waals surface area contributed by atoms with Gasteiger partial charge in [-0.2, -0.15) is 0 Å². The average molecular weight is 489 g/mol. The SMILES string of the molecule is COc1ccc2cc1OCC(=O)NCc1cc(C(=O)N3[C@@H]4CC[C@H]3CC(O)C4)cc(c1)-n1ccnc1-2. The fourth-order valence-electron chi connectivity index (χ4n) is 5.72. The maximum absolute atomic E-state index is 13.8. The summed E-state index contributed by atoms with van der Waals surface area (Å²) in [7, 11) is 1.55. The van der Waals surface area contributed by atoms with Crippen LogP contribution in [0.4, 0.5) is 0 Å². The number of hydrogen-bond acceptors (Lipinski definition) is 6. The molecule has 9 nitrogen and oxygen atoms in total. The minimum Gasteiger partial charge on any atom is -0.493 e. The van der Waals surface area contributed by atoms with Crippen molar-refractivity contribution in [3.8, 4) is 28.6 Å². The monoisotopic (exact) mass is 488 g/mol. The lowest BCUT2D eigenvalue weighted by Gasteiger charge is -2.37. The maximum Gasteiger partial charge on any atom is 0.258 e. The standard InChI is InChI=1S/C27H28N4O5/c1-35-23-5-2-17-11-24(23)36-15-25(33)29-14-16-8-18(10-21(9-16)30-7-6-28-26(17)30)27(34)31-19-3-4-20(31)13-22(32)12-19/h2,5-11,19-20,22,32H,3-4,12-15H2,1H3,(H,29,33)/t19-,20+,22?. The van der Waals surface area contributed by atoms with Gasteiger partial charge in [0.25, 0.3) is 11.8 Å². The van der Waals surface area contributed by atoms with Gasteiger partial charge in [0.05, 0.1) is 13.2 Å². The van der Waals surface area contributed by atoms with Gasteiger partial charge in [-0.15, -0.1) is 0 Å². The van der Waals surface area contributed by atoms with Gasteiger partial charge in [-0.1, -0.05) is 0 Å². The molecule has 3 aliphatic rings. The number of aliphatic hydroxyl groups excluding tert-OH is 1. The molecular formula is C27H28N4O5. The summed E-state index contributed by atoms with van der Waals surface area (Å²) in [5.41, 5.74) is 2.93. The Morgan fingerprint density at radius 2 is 1.97 bits per heavy atom. The van der Waals surface area contributed by atoms with Gasteiger partial charge in [-0.3, -0.25) is 14.2 Å². The Hall–Kier alpha value is -3.85. The van der Waals surface area contributed by atoms with Crippen LogP contribution in [-0.2, 0) is 11.3 Å². The van der Waals surface area contributed by atoms with Crippen molar-refractivity contribution in [2.45, 2.75) is 50.4 Å². The Bertz CT molecular complexity index is 1320. The van der Waals surface area contributed by atoms with Gasteiger partial charge in [0.15, 0.2) is 18.1 Å². The van der Waals surface area contributed by atoms with Gasteiger partial charge in [0, 0.05) is 47.8 Å². The molecule has 2 fully saturated rings.